The number of aliphatic hydroxyl groups is 1. The monoisotopic (exact) mass is 238 g/mol. The molecule has 0 aromatic heterocycles. The third-order valence-corrected chi connectivity index (χ3v) is 2.55. The van der Waals surface area contributed by atoms with Crippen LogP contribution in [0.5, 0.6) is 5.75 Å². The van der Waals surface area contributed by atoms with E-state index in [0.29, 0.717) is 22.8 Å². The van der Waals surface area contributed by atoms with E-state index in [1.165, 1.54) is 0 Å². The molecule has 0 spiro atoms. The Kier molecular flexibility index (Phi) is 4.23. The standard InChI is InChI=1S/C13H15ClO2/c1-4-13(2,15)8-7-10-9-11(14)5-6-12(10)16-3/h5-6,9,15H,4H2,1-3H3. The molecular weight excluding hydrogens is 224 g/mol. The van der Waals surface area contributed by atoms with Crippen LogP contribution >= 0.6 is 11.6 Å². The minimum atomic E-state index is -0.979. The first-order valence-electron chi connectivity index (χ1n) is 5.07. The van der Waals surface area contributed by atoms with E-state index in [1.807, 2.05) is 6.92 Å². The highest BCUT2D eigenvalue weighted by atomic mass is 35.5. The van der Waals surface area contributed by atoms with Gasteiger partial charge in [0, 0.05) is 5.02 Å². The van der Waals surface area contributed by atoms with E-state index in [-0.39, 0.29) is 0 Å². The third-order valence-electron chi connectivity index (χ3n) is 2.32. The lowest BCUT2D eigenvalue weighted by molar-refractivity contribution is 0.118. The van der Waals surface area contributed by atoms with Crippen molar-refractivity contribution in [1.82, 2.24) is 0 Å². The molecule has 1 unspecified atom stereocenters. The maximum absolute atomic E-state index is 9.77. The molecule has 0 radical (unpaired) electrons. The number of halogens is 1. The van der Waals surface area contributed by atoms with Crippen LogP contribution in [0.1, 0.15) is 25.8 Å². The molecule has 86 valence electrons. The predicted molar refractivity (Wildman–Crippen MR) is 65.8 cm³/mol. The van der Waals surface area contributed by atoms with Crippen LogP contribution in [0, 0.1) is 11.8 Å². The van der Waals surface area contributed by atoms with Crippen LogP contribution in [-0.4, -0.2) is 17.8 Å². The molecule has 1 atom stereocenters. The van der Waals surface area contributed by atoms with Gasteiger partial charge in [-0.15, -0.1) is 0 Å². The molecule has 2 nitrogen and oxygen atoms in total. The van der Waals surface area contributed by atoms with Gasteiger partial charge in [-0.1, -0.05) is 30.4 Å². The van der Waals surface area contributed by atoms with Crippen molar-refractivity contribution in [3.05, 3.63) is 28.8 Å². The molecule has 0 aliphatic rings. The molecule has 0 aliphatic carbocycles. The number of hydrogen-bond donors (Lipinski definition) is 1. The lowest BCUT2D eigenvalue weighted by Gasteiger charge is -2.12. The quantitative estimate of drug-likeness (QED) is 0.803. The van der Waals surface area contributed by atoms with Gasteiger partial charge in [0.05, 0.1) is 12.7 Å². The van der Waals surface area contributed by atoms with E-state index >= 15 is 0 Å². The van der Waals surface area contributed by atoms with Crippen molar-refractivity contribution in [3.8, 4) is 17.6 Å². The summed E-state index contributed by atoms with van der Waals surface area (Å²) in [5.74, 6) is 6.34. The molecule has 0 bridgehead atoms. The minimum Gasteiger partial charge on any atom is -0.495 e. The van der Waals surface area contributed by atoms with Crippen molar-refractivity contribution in [2.75, 3.05) is 7.11 Å². The molecular formula is C13H15ClO2. The fraction of sp³-hybridized carbons (Fsp3) is 0.385. The summed E-state index contributed by atoms with van der Waals surface area (Å²) in [6, 6.07) is 5.22. The summed E-state index contributed by atoms with van der Waals surface area (Å²) in [6.45, 7) is 3.56. The Labute approximate surface area is 101 Å². The molecule has 0 heterocycles. The average Bonchev–Trinajstić information content (AvgIpc) is 2.27. The molecule has 0 saturated heterocycles. The van der Waals surface area contributed by atoms with E-state index in [1.54, 1.807) is 32.2 Å². The topological polar surface area (TPSA) is 29.5 Å². The molecule has 0 amide bonds. The summed E-state index contributed by atoms with van der Waals surface area (Å²) in [6.07, 6.45) is 0.572. The second-order valence-electron chi connectivity index (χ2n) is 3.72. The van der Waals surface area contributed by atoms with Gasteiger partial charge >= 0.3 is 0 Å². The summed E-state index contributed by atoms with van der Waals surface area (Å²) < 4.78 is 5.16. The molecule has 1 aromatic rings. The minimum absolute atomic E-state index is 0.572. The zero-order chi connectivity index (χ0) is 12.2. The van der Waals surface area contributed by atoms with Crippen molar-refractivity contribution in [1.29, 1.82) is 0 Å². The largest absolute Gasteiger partial charge is 0.495 e. The second-order valence-corrected chi connectivity index (χ2v) is 4.16. The zero-order valence-corrected chi connectivity index (χ0v) is 10.4. The number of ether oxygens (including phenoxy) is 1. The maximum atomic E-state index is 9.77. The van der Waals surface area contributed by atoms with E-state index in [0.717, 1.165) is 0 Å². The summed E-state index contributed by atoms with van der Waals surface area (Å²) in [7, 11) is 1.58. The van der Waals surface area contributed by atoms with Gasteiger partial charge in [0.15, 0.2) is 0 Å². The van der Waals surface area contributed by atoms with Crippen molar-refractivity contribution in [2.45, 2.75) is 25.9 Å². The Bertz CT molecular complexity index is 427. The van der Waals surface area contributed by atoms with Crippen molar-refractivity contribution < 1.29 is 9.84 Å². The lowest BCUT2D eigenvalue weighted by atomic mass is 10.0. The Morgan fingerprint density at radius 2 is 2.19 bits per heavy atom. The Morgan fingerprint density at radius 3 is 2.75 bits per heavy atom. The van der Waals surface area contributed by atoms with E-state index in [9.17, 15) is 5.11 Å². The molecule has 0 fully saturated rings. The number of methoxy groups -OCH3 is 1. The molecule has 1 rings (SSSR count). The van der Waals surface area contributed by atoms with Gasteiger partial charge in [-0.25, -0.2) is 0 Å². The van der Waals surface area contributed by atoms with Gasteiger partial charge in [-0.2, -0.15) is 0 Å². The Hall–Kier alpha value is -1.17. The predicted octanol–water partition coefficient (Wildman–Crippen LogP) is 2.86. The van der Waals surface area contributed by atoms with E-state index < -0.39 is 5.60 Å². The Balaban J connectivity index is 3.08. The molecule has 1 N–H and O–H groups in total. The number of benzene rings is 1. The number of hydrogen-bond acceptors (Lipinski definition) is 2. The summed E-state index contributed by atoms with van der Waals surface area (Å²) >= 11 is 5.87. The normalized spacial score (nSPS) is 13.6. The van der Waals surface area contributed by atoms with E-state index in [4.69, 9.17) is 16.3 Å². The van der Waals surface area contributed by atoms with Gasteiger partial charge in [-0.05, 0) is 31.5 Å². The lowest BCUT2D eigenvalue weighted by Crippen LogP contribution is -2.19. The smallest absolute Gasteiger partial charge is 0.134 e. The van der Waals surface area contributed by atoms with Crippen LogP contribution in [0.2, 0.25) is 5.02 Å². The maximum Gasteiger partial charge on any atom is 0.134 e. The first-order chi connectivity index (χ1) is 7.48. The van der Waals surface area contributed by atoms with Crippen molar-refractivity contribution in [2.24, 2.45) is 0 Å². The average molecular weight is 239 g/mol. The summed E-state index contributed by atoms with van der Waals surface area (Å²) in [5, 5.41) is 10.4. The molecule has 3 heteroatoms. The van der Waals surface area contributed by atoms with Crippen LogP contribution < -0.4 is 4.74 Å². The van der Waals surface area contributed by atoms with Crippen LogP contribution in [-0.2, 0) is 0 Å². The summed E-state index contributed by atoms with van der Waals surface area (Å²) in [4.78, 5) is 0. The molecule has 16 heavy (non-hydrogen) atoms. The van der Waals surface area contributed by atoms with Crippen LogP contribution in [0.3, 0.4) is 0 Å². The SMILES string of the molecule is CCC(C)(O)C#Cc1cc(Cl)ccc1OC. The third kappa shape index (κ3) is 3.44. The van der Waals surface area contributed by atoms with Gasteiger partial charge in [0.1, 0.15) is 11.4 Å². The van der Waals surface area contributed by atoms with Gasteiger partial charge in [0.25, 0.3) is 0 Å². The fourth-order valence-corrected chi connectivity index (χ4v) is 1.24. The molecule has 1 aromatic carbocycles. The van der Waals surface area contributed by atoms with Crippen LogP contribution in [0.25, 0.3) is 0 Å². The Morgan fingerprint density at radius 1 is 1.50 bits per heavy atom. The zero-order valence-electron chi connectivity index (χ0n) is 9.67. The molecule has 0 saturated carbocycles. The highest BCUT2D eigenvalue weighted by molar-refractivity contribution is 6.30. The first kappa shape index (κ1) is 12.9. The molecule has 0 aliphatic heterocycles. The van der Waals surface area contributed by atoms with Gasteiger partial charge in [0.2, 0.25) is 0 Å². The van der Waals surface area contributed by atoms with E-state index in [2.05, 4.69) is 11.8 Å². The summed E-state index contributed by atoms with van der Waals surface area (Å²) in [5.41, 5.74) is -0.295. The number of rotatable bonds is 2. The highest BCUT2D eigenvalue weighted by Gasteiger charge is 2.12. The highest BCUT2D eigenvalue weighted by Crippen LogP contribution is 2.21. The van der Waals surface area contributed by atoms with Crippen molar-refractivity contribution in [3.63, 3.8) is 0 Å². The fourth-order valence-electron chi connectivity index (χ4n) is 1.07. The van der Waals surface area contributed by atoms with Crippen LogP contribution in [0.15, 0.2) is 18.2 Å². The van der Waals surface area contributed by atoms with Crippen LogP contribution in [0.4, 0.5) is 0 Å². The van der Waals surface area contributed by atoms with Gasteiger partial charge in [-0.3, -0.25) is 0 Å². The van der Waals surface area contributed by atoms with Gasteiger partial charge < -0.3 is 9.84 Å². The first-order valence-corrected chi connectivity index (χ1v) is 5.45. The second kappa shape index (κ2) is 5.25. The van der Waals surface area contributed by atoms with Crippen molar-refractivity contribution >= 4 is 11.6 Å².